The van der Waals surface area contributed by atoms with Crippen LogP contribution in [-0.4, -0.2) is 32.6 Å². The first-order chi connectivity index (χ1) is 9.65. The number of benzene rings is 1. The summed E-state index contributed by atoms with van der Waals surface area (Å²) >= 11 is 0. The molecular formula is C15H21NO3S. The van der Waals surface area contributed by atoms with E-state index in [0.717, 1.165) is 44.5 Å². The molecule has 0 amide bonds. The lowest BCUT2D eigenvalue weighted by Crippen LogP contribution is -2.33. The van der Waals surface area contributed by atoms with Crippen LogP contribution in [0.5, 0.6) is 5.75 Å². The van der Waals surface area contributed by atoms with E-state index in [1.165, 1.54) is 11.1 Å². The highest BCUT2D eigenvalue weighted by Crippen LogP contribution is 2.23. The van der Waals surface area contributed by atoms with Crippen molar-refractivity contribution in [1.82, 2.24) is 5.32 Å². The molecular weight excluding hydrogens is 274 g/mol. The van der Waals surface area contributed by atoms with E-state index in [1.807, 2.05) is 6.07 Å². The molecule has 1 aromatic carbocycles. The summed E-state index contributed by atoms with van der Waals surface area (Å²) in [6.45, 7) is 2.19. The van der Waals surface area contributed by atoms with Crippen LogP contribution in [-0.2, 0) is 22.8 Å². The van der Waals surface area contributed by atoms with E-state index in [4.69, 9.17) is 4.74 Å². The number of ether oxygens (including phenoxy) is 1. The van der Waals surface area contributed by atoms with Crippen LogP contribution in [0.25, 0.3) is 0 Å². The lowest BCUT2D eigenvalue weighted by Gasteiger charge is -2.23. The van der Waals surface area contributed by atoms with Gasteiger partial charge in [-0.15, -0.1) is 0 Å². The zero-order chi connectivity index (χ0) is 14.0. The lowest BCUT2D eigenvalue weighted by atomic mass is 10.0. The quantitative estimate of drug-likeness (QED) is 0.922. The molecule has 1 unspecified atom stereocenters. The molecule has 0 spiro atoms. The van der Waals surface area contributed by atoms with E-state index in [9.17, 15) is 8.42 Å². The van der Waals surface area contributed by atoms with Gasteiger partial charge in [-0.05, 0) is 49.1 Å². The van der Waals surface area contributed by atoms with Gasteiger partial charge in [-0.3, -0.25) is 0 Å². The smallest absolute Gasteiger partial charge is 0.156 e. The Balaban J connectivity index is 1.66. The summed E-state index contributed by atoms with van der Waals surface area (Å²) in [7, 11) is -2.95. The van der Waals surface area contributed by atoms with Gasteiger partial charge in [0.1, 0.15) is 12.4 Å². The predicted octanol–water partition coefficient (Wildman–Crippen LogP) is 1.68. The van der Waals surface area contributed by atoms with Crippen LogP contribution in [0.4, 0.5) is 0 Å². The van der Waals surface area contributed by atoms with E-state index >= 15 is 0 Å². The Morgan fingerprint density at radius 3 is 3.00 bits per heavy atom. The minimum Gasteiger partial charge on any atom is -0.492 e. The van der Waals surface area contributed by atoms with Crippen LogP contribution in [0, 0.1) is 0 Å². The van der Waals surface area contributed by atoms with E-state index in [0.29, 0.717) is 12.4 Å². The molecule has 5 heteroatoms. The molecule has 2 heterocycles. The van der Waals surface area contributed by atoms with Gasteiger partial charge in [0.05, 0.1) is 11.0 Å². The zero-order valence-electron chi connectivity index (χ0n) is 11.6. The first-order valence-corrected chi connectivity index (χ1v) is 9.03. The van der Waals surface area contributed by atoms with Crippen molar-refractivity contribution in [2.45, 2.75) is 37.5 Å². The Labute approximate surface area is 120 Å². The Morgan fingerprint density at radius 1 is 1.25 bits per heavy atom. The summed E-state index contributed by atoms with van der Waals surface area (Å²) in [6, 6.07) is 6.08. The Bertz CT molecular complexity index is 583. The molecule has 4 nitrogen and oxygen atoms in total. The fourth-order valence-corrected chi connectivity index (χ4v) is 4.68. The summed E-state index contributed by atoms with van der Waals surface area (Å²) in [4.78, 5) is 0. The van der Waals surface area contributed by atoms with Crippen LogP contribution in [0.15, 0.2) is 18.2 Å². The highest BCUT2D eigenvalue weighted by molar-refractivity contribution is 7.92. The summed E-state index contributed by atoms with van der Waals surface area (Å²) < 4.78 is 29.6. The van der Waals surface area contributed by atoms with Crippen molar-refractivity contribution in [1.29, 1.82) is 0 Å². The van der Waals surface area contributed by atoms with Gasteiger partial charge in [-0.25, -0.2) is 8.42 Å². The molecule has 3 rings (SSSR count). The molecule has 0 aromatic heterocycles. The molecule has 0 bridgehead atoms. The minimum absolute atomic E-state index is 0.291. The second-order valence-electron chi connectivity index (χ2n) is 5.65. The maximum absolute atomic E-state index is 11.9. The first kappa shape index (κ1) is 13.9. The predicted molar refractivity (Wildman–Crippen MR) is 78.8 cm³/mol. The van der Waals surface area contributed by atoms with Crippen LogP contribution < -0.4 is 10.1 Å². The molecule has 1 aromatic rings. The van der Waals surface area contributed by atoms with E-state index in [-0.39, 0.29) is 5.25 Å². The fraction of sp³-hybridized carbons (Fsp3) is 0.600. The van der Waals surface area contributed by atoms with Crippen molar-refractivity contribution >= 4 is 9.84 Å². The molecule has 0 aliphatic carbocycles. The monoisotopic (exact) mass is 295 g/mol. The molecule has 110 valence electrons. The summed E-state index contributed by atoms with van der Waals surface area (Å²) in [5, 5.41) is 3.01. The van der Waals surface area contributed by atoms with Crippen LogP contribution >= 0.6 is 0 Å². The van der Waals surface area contributed by atoms with E-state index < -0.39 is 9.84 Å². The van der Waals surface area contributed by atoms with Crippen LogP contribution in [0.1, 0.15) is 30.4 Å². The third-order valence-electron chi connectivity index (χ3n) is 4.21. The van der Waals surface area contributed by atoms with Gasteiger partial charge < -0.3 is 10.1 Å². The lowest BCUT2D eigenvalue weighted by molar-refractivity contribution is 0.302. The van der Waals surface area contributed by atoms with Crippen LogP contribution in [0.2, 0.25) is 0 Å². The standard InChI is InChI=1S/C15H21NO3S/c17-20(18)8-2-1-3-15(20)11-19-14-5-4-13-10-16-7-6-12(13)9-14/h4-5,9,15-16H,1-3,6-8,10-11H2. The van der Waals surface area contributed by atoms with E-state index in [2.05, 4.69) is 17.4 Å². The molecule has 2 aliphatic rings. The second kappa shape index (κ2) is 5.74. The number of nitrogens with one attached hydrogen (secondary N) is 1. The van der Waals surface area contributed by atoms with Crippen molar-refractivity contribution < 1.29 is 13.2 Å². The van der Waals surface area contributed by atoms with Crippen molar-refractivity contribution in [3.63, 3.8) is 0 Å². The van der Waals surface area contributed by atoms with Crippen molar-refractivity contribution in [3.8, 4) is 5.75 Å². The highest BCUT2D eigenvalue weighted by Gasteiger charge is 2.29. The minimum atomic E-state index is -2.95. The maximum Gasteiger partial charge on any atom is 0.156 e. The molecule has 1 atom stereocenters. The molecule has 0 radical (unpaired) electrons. The first-order valence-electron chi connectivity index (χ1n) is 7.32. The van der Waals surface area contributed by atoms with Crippen molar-refractivity contribution in [3.05, 3.63) is 29.3 Å². The van der Waals surface area contributed by atoms with Gasteiger partial charge in [0.15, 0.2) is 9.84 Å². The van der Waals surface area contributed by atoms with Crippen molar-refractivity contribution in [2.24, 2.45) is 0 Å². The number of rotatable bonds is 3. The topological polar surface area (TPSA) is 55.4 Å². The van der Waals surface area contributed by atoms with Gasteiger partial charge in [-0.2, -0.15) is 0 Å². The van der Waals surface area contributed by atoms with Gasteiger partial charge in [0.25, 0.3) is 0 Å². The molecule has 2 aliphatic heterocycles. The van der Waals surface area contributed by atoms with Gasteiger partial charge in [0.2, 0.25) is 0 Å². The fourth-order valence-electron chi connectivity index (χ4n) is 2.94. The van der Waals surface area contributed by atoms with Gasteiger partial charge in [0, 0.05) is 6.54 Å². The number of sulfone groups is 1. The summed E-state index contributed by atoms with van der Waals surface area (Å²) in [5.74, 6) is 1.11. The maximum atomic E-state index is 11.9. The highest BCUT2D eigenvalue weighted by atomic mass is 32.2. The third-order valence-corrected chi connectivity index (χ3v) is 6.46. The molecule has 0 saturated carbocycles. The number of hydrogen-bond donors (Lipinski definition) is 1. The zero-order valence-corrected chi connectivity index (χ0v) is 12.4. The largest absolute Gasteiger partial charge is 0.492 e. The van der Waals surface area contributed by atoms with Gasteiger partial charge >= 0.3 is 0 Å². The van der Waals surface area contributed by atoms with Crippen LogP contribution in [0.3, 0.4) is 0 Å². The third kappa shape index (κ3) is 2.99. The Kier molecular flexibility index (Phi) is 3.98. The Hall–Kier alpha value is -1.07. The SMILES string of the molecule is O=S1(=O)CCCCC1COc1ccc2c(c1)CCNC2. The number of hydrogen-bond acceptors (Lipinski definition) is 4. The van der Waals surface area contributed by atoms with E-state index in [1.54, 1.807) is 0 Å². The molecule has 1 N–H and O–H groups in total. The Morgan fingerprint density at radius 2 is 2.15 bits per heavy atom. The summed E-state index contributed by atoms with van der Waals surface area (Å²) in [6.07, 6.45) is 3.53. The molecule has 1 fully saturated rings. The molecule has 1 saturated heterocycles. The average molecular weight is 295 g/mol. The average Bonchev–Trinajstić information content (AvgIpc) is 2.45. The van der Waals surface area contributed by atoms with Crippen molar-refractivity contribution in [2.75, 3.05) is 18.9 Å². The molecule has 20 heavy (non-hydrogen) atoms. The summed E-state index contributed by atoms with van der Waals surface area (Å²) in [5.41, 5.74) is 2.63. The number of fused-ring (bicyclic) bond motifs is 1. The normalized spacial score (nSPS) is 24.9. The second-order valence-corrected chi connectivity index (χ2v) is 8.05. The van der Waals surface area contributed by atoms with Gasteiger partial charge in [-0.1, -0.05) is 12.5 Å².